The van der Waals surface area contributed by atoms with Gasteiger partial charge in [-0.1, -0.05) is 19.3 Å². The molecule has 0 spiro atoms. The molecule has 6 nitrogen and oxygen atoms in total. The first kappa shape index (κ1) is 19.0. The number of likely N-dealkylation sites (tertiary alicyclic amines) is 1. The molecule has 2 fully saturated rings. The van der Waals surface area contributed by atoms with Crippen LogP contribution in [0.4, 0.5) is 0 Å². The molecule has 2 N–H and O–H groups in total. The molecule has 0 aromatic carbocycles. The minimum Gasteiger partial charge on any atom is -0.380 e. The Kier molecular flexibility index (Phi) is 8.36. The van der Waals surface area contributed by atoms with Crippen LogP contribution in [0.25, 0.3) is 0 Å². The molecular formula is C18H34N4O2. The monoisotopic (exact) mass is 338 g/mol. The lowest BCUT2D eigenvalue weighted by Gasteiger charge is -2.26. The first-order chi connectivity index (χ1) is 11.7. The van der Waals surface area contributed by atoms with Gasteiger partial charge < -0.3 is 20.3 Å². The minimum absolute atomic E-state index is 0.269. The summed E-state index contributed by atoms with van der Waals surface area (Å²) in [6.45, 7) is 8.57. The Labute approximate surface area is 146 Å². The van der Waals surface area contributed by atoms with E-state index < -0.39 is 0 Å². The van der Waals surface area contributed by atoms with Crippen molar-refractivity contribution in [3.05, 3.63) is 0 Å². The van der Waals surface area contributed by atoms with Crippen molar-refractivity contribution < 1.29 is 9.53 Å². The maximum atomic E-state index is 12.6. The number of rotatable bonds is 7. The Balaban J connectivity index is 1.78. The summed E-state index contributed by atoms with van der Waals surface area (Å²) in [6, 6.07) is 0.294. The number of amides is 1. The fourth-order valence-electron chi connectivity index (χ4n) is 3.57. The first-order valence-electron chi connectivity index (χ1n) is 9.66. The predicted molar refractivity (Wildman–Crippen MR) is 97.2 cm³/mol. The fraction of sp³-hybridized carbons (Fsp3) is 0.889. The van der Waals surface area contributed by atoms with Gasteiger partial charge in [0.2, 0.25) is 5.91 Å². The zero-order valence-corrected chi connectivity index (χ0v) is 15.4. The van der Waals surface area contributed by atoms with Gasteiger partial charge in [0, 0.05) is 38.2 Å². The topological polar surface area (TPSA) is 66.0 Å². The van der Waals surface area contributed by atoms with Crippen molar-refractivity contribution >= 4 is 11.9 Å². The van der Waals surface area contributed by atoms with E-state index in [9.17, 15) is 4.79 Å². The molecule has 1 saturated carbocycles. The highest BCUT2D eigenvalue weighted by atomic mass is 16.5. The molecule has 1 amide bonds. The molecule has 6 heteroatoms. The molecule has 1 aliphatic heterocycles. The van der Waals surface area contributed by atoms with Crippen molar-refractivity contribution in [1.82, 2.24) is 15.5 Å². The van der Waals surface area contributed by atoms with Crippen molar-refractivity contribution in [2.75, 3.05) is 39.4 Å². The van der Waals surface area contributed by atoms with Gasteiger partial charge in [0.25, 0.3) is 0 Å². The van der Waals surface area contributed by atoms with E-state index in [1.54, 1.807) is 0 Å². The number of guanidine groups is 1. The molecule has 0 aromatic heterocycles. The quantitative estimate of drug-likeness (QED) is 0.422. The summed E-state index contributed by atoms with van der Waals surface area (Å²) >= 11 is 0. The molecule has 0 aromatic rings. The van der Waals surface area contributed by atoms with Gasteiger partial charge in [-0.2, -0.15) is 0 Å². The molecule has 0 bridgehead atoms. The normalized spacial score (nSPS) is 22.7. The summed E-state index contributed by atoms with van der Waals surface area (Å²) in [6.07, 6.45) is 6.86. The van der Waals surface area contributed by atoms with Crippen LogP contribution in [0.1, 0.15) is 52.4 Å². The van der Waals surface area contributed by atoms with Gasteiger partial charge in [-0.25, -0.2) is 0 Å². The van der Waals surface area contributed by atoms with E-state index in [2.05, 4.69) is 27.4 Å². The highest BCUT2D eigenvalue weighted by molar-refractivity contribution is 5.81. The average molecular weight is 338 g/mol. The maximum Gasteiger partial charge on any atom is 0.225 e. The van der Waals surface area contributed by atoms with E-state index in [4.69, 9.17) is 4.74 Å². The van der Waals surface area contributed by atoms with Gasteiger partial charge in [0.1, 0.15) is 0 Å². The van der Waals surface area contributed by atoms with Gasteiger partial charge in [-0.3, -0.25) is 9.79 Å². The number of carbonyl (C=O) groups is 1. The summed E-state index contributed by atoms with van der Waals surface area (Å²) in [5, 5.41) is 6.74. The Morgan fingerprint density at radius 2 is 2.00 bits per heavy atom. The summed E-state index contributed by atoms with van der Waals surface area (Å²) < 4.78 is 5.33. The molecule has 2 aliphatic rings. The van der Waals surface area contributed by atoms with Crippen LogP contribution < -0.4 is 10.6 Å². The van der Waals surface area contributed by atoms with Crippen LogP contribution in [0.3, 0.4) is 0 Å². The Morgan fingerprint density at radius 1 is 1.21 bits per heavy atom. The van der Waals surface area contributed by atoms with E-state index in [0.717, 1.165) is 51.5 Å². The molecule has 1 atom stereocenters. The Bertz CT molecular complexity index is 408. The second-order valence-electron chi connectivity index (χ2n) is 6.71. The number of nitrogens with one attached hydrogen (secondary N) is 2. The van der Waals surface area contributed by atoms with E-state index in [0.29, 0.717) is 25.1 Å². The first-order valence-corrected chi connectivity index (χ1v) is 9.66. The summed E-state index contributed by atoms with van der Waals surface area (Å²) in [4.78, 5) is 19.2. The zero-order chi connectivity index (χ0) is 17.2. The van der Waals surface area contributed by atoms with Crippen LogP contribution in [-0.2, 0) is 9.53 Å². The number of hydrogen-bond acceptors (Lipinski definition) is 3. The molecule has 138 valence electrons. The van der Waals surface area contributed by atoms with Crippen molar-refractivity contribution in [2.45, 2.75) is 58.4 Å². The Morgan fingerprint density at radius 3 is 2.71 bits per heavy atom. The number of nitrogens with zero attached hydrogens (tertiary/aromatic N) is 2. The number of hydrogen-bond donors (Lipinski definition) is 2. The second-order valence-corrected chi connectivity index (χ2v) is 6.71. The van der Waals surface area contributed by atoms with Gasteiger partial charge >= 0.3 is 0 Å². The standard InChI is InChI=1S/C18H34N4O2/c1-3-19-18(20-11-13-24-4-2)21-16-10-12-22(14-16)17(23)15-8-6-5-7-9-15/h15-16H,3-14H2,1-2H3,(H2,19,20,21). The van der Waals surface area contributed by atoms with E-state index >= 15 is 0 Å². The zero-order valence-electron chi connectivity index (χ0n) is 15.4. The van der Waals surface area contributed by atoms with Crippen LogP contribution in [0.2, 0.25) is 0 Å². The molecule has 1 saturated heterocycles. The summed E-state index contributed by atoms with van der Waals surface area (Å²) in [5.41, 5.74) is 0. The molecule has 1 unspecified atom stereocenters. The van der Waals surface area contributed by atoms with Gasteiger partial charge in [0.05, 0.1) is 13.2 Å². The van der Waals surface area contributed by atoms with E-state index in [-0.39, 0.29) is 5.92 Å². The highest BCUT2D eigenvalue weighted by Crippen LogP contribution is 2.26. The number of ether oxygens (including phenoxy) is 1. The molecule has 1 heterocycles. The number of carbonyl (C=O) groups excluding carboxylic acids is 1. The highest BCUT2D eigenvalue weighted by Gasteiger charge is 2.31. The number of aliphatic imine (C=N–C) groups is 1. The predicted octanol–water partition coefficient (Wildman–Crippen LogP) is 1.76. The smallest absolute Gasteiger partial charge is 0.225 e. The van der Waals surface area contributed by atoms with Crippen LogP contribution in [0, 0.1) is 5.92 Å². The van der Waals surface area contributed by atoms with E-state index in [1.807, 2.05) is 6.92 Å². The maximum absolute atomic E-state index is 12.6. The van der Waals surface area contributed by atoms with E-state index in [1.165, 1.54) is 19.3 Å². The van der Waals surface area contributed by atoms with Crippen molar-refractivity contribution in [3.63, 3.8) is 0 Å². The van der Waals surface area contributed by atoms with Crippen molar-refractivity contribution in [1.29, 1.82) is 0 Å². The minimum atomic E-state index is 0.269. The average Bonchev–Trinajstić information content (AvgIpc) is 3.07. The third-order valence-corrected chi connectivity index (χ3v) is 4.85. The molecule has 1 aliphatic carbocycles. The largest absolute Gasteiger partial charge is 0.380 e. The van der Waals surface area contributed by atoms with Crippen LogP contribution in [0.5, 0.6) is 0 Å². The molecule has 24 heavy (non-hydrogen) atoms. The molecule has 0 radical (unpaired) electrons. The van der Waals surface area contributed by atoms with Gasteiger partial charge in [-0.05, 0) is 33.1 Å². The van der Waals surface area contributed by atoms with Crippen LogP contribution in [0.15, 0.2) is 4.99 Å². The molecular weight excluding hydrogens is 304 g/mol. The summed E-state index contributed by atoms with van der Waals surface area (Å²) in [5.74, 6) is 1.47. The third kappa shape index (κ3) is 5.96. The molecule has 2 rings (SSSR count). The lowest BCUT2D eigenvalue weighted by atomic mass is 9.88. The second kappa shape index (κ2) is 10.5. The third-order valence-electron chi connectivity index (χ3n) is 4.85. The van der Waals surface area contributed by atoms with Gasteiger partial charge in [-0.15, -0.1) is 0 Å². The SMILES string of the molecule is CCNC(=NCCOCC)NC1CCN(C(=O)C2CCCCC2)C1. The fourth-order valence-corrected chi connectivity index (χ4v) is 3.57. The van der Waals surface area contributed by atoms with Crippen molar-refractivity contribution in [2.24, 2.45) is 10.9 Å². The van der Waals surface area contributed by atoms with Crippen molar-refractivity contribution in [3.8, 4) is 0 Å². The Hall–Kier alpha value is -1.30. The summed E-state index contributed by atoms with van der Waals surface area (Å²) in [7, 11) is 0. The van der Waals surface area contributed by atoms with Gasteiger partial charge in [0.15, 0.2) is 5.96 Å². The lowest BCUT2D eigenvalue weighted by Crippen LogP contribution is -2.45. The van der Waals surface area contributed by atoms with Crippen LogP contribution in [-0.4, -0.2) is 62.2 Å². The lowest BCUT2D eigenvalue weighted by molar-refractivity contribution is -0.135. The van der Waals surface area contributed by atoms with Crippen LogP contribution >= 0.6 is 0 Å².